The van der Waals surface area contributed by atoms with E-state index in [0.29, 0.717) is 18.7 Å². The molecule has 0 saturated heterocycles. The summed E-state index contributed by atoms with van der Waals surface area (Å²) in [7, 11) is 1.38. The number of hydrogen-bond acceptors (Lipinski definition) is 3. The Kier molecular flexibility index (Phi) is 3.99. The van der Waals surface area contributed by atoms with Gasteiger partial charge in [-0.1, -0.05) is 23.8 Å². The largest absolute Gasteiger partial charge is 0.465 e. The van der Waals surface area contributed by atoms with Crippen molar-refractivity contribution in [3.8, 4) is 0 Å². The van der Waals surface area contributed by atoms with Crippen molar-refractivity contribution in [3.63, 3.8) is 0 Å². The molecule has 0 saturated carbocycles. The first-order valence-electron chi connectivity index (χ1n) is 8.65. The number of carbonyl (C=O) groups excluding carboxylic acids is 2. The minimum Gasteiger partial charge on any atom is -0.465 e. The van der Waals surface area contributed by atoms with Gasteiger partial charge in [-0.25, -0.2) is 4.79 Å². The molecule has 0 spiro atoms. The van der Waals surface area contributed by atoms with Crippen molar-refractivity contribution in [1.29, 1.82) is 0 Å². The third-order valence-electron chi connectivity index (χ3n) is 4.92. The van der Waals surface area contributed by atoms with Crippen LogP contribution in [0, 0.1) is 6.92 Å². The second kappa shape index (κ2) is 6.33. The topological polar surface area (TPSA) is 60.3 Å². The van der Waals surface area contributed by atoms with E-state index in [-0.39, 0.29) is 11.9 Å². The van der Waals surface area contributed by atoms with E-state index in [2.05, 4.69) is 28.1 Å². The Morgan fingerprint density at radius 1 is 1.19 bits per heavy atom. The van der Waals surface area contributed by atoms with E-state index in [1.165, 1.54) is 7.11 Å². The molecule has 0 unspecified atom stereocenters. The summed E-state index contributed by atoms with van der Waals surface area (Å²) in [6, 6.07) is 13.6. The number of fused-ring (bicyclic) bond motifs is 3. The van der Waals surface area contributed by atoms with Crippen molar-refractivity contribution in [2.75, 3.05) is 13.7 Å². The van der Waals surface area contributed by atoms with Crippen LogP contribution < -0.4 is 5.32 Å². The smallest absolute Gasteiger partial charge is 0.337 e. The lowest BCUT2D eigenvalue weighted by molar-refractivity contribution is 0.0600. The van der Waals surface area contributed by atoms with Gasteiger partial charge in [0.05, 0.1) is 18.2 Å². The van der Waals surface area contributed by atoms with Crippen molar-refractivity contribution in [3.05, 3.63) is 70.4 Å². The molecule has 0 fully saturated rings. The molecule has 1 aliphatic heterocycles. The minimum atomic E-state index is -0.340. The van der Waals surface area contributed by atoms with E-state index >= 15 is 0 Å². The quantitative estimate of drug-likeness (QED) is 0.740. The van der Waals surface area contributed by atoms with Crippen LogP contribution >= 0.6 is 0 Å². The number of esters is 1. The normalized spacial score (nSPS) is 13.4. The molecule has 1 amide bonds. The first kappa shape index (κ1) is 16.4. The number of aryl methyl sites for hydroxylation is 1. The Balaban J connectivity index is 1.79. The van der Waals surface area contributed by atoms with Gasteiger partial charge < -0.3 is 14.6 Å². The fourth-order valence-corrected chi connectivity index (χ4v) is 3.64. The van der Waals surface area contributed by atoms with Gasteiger partial charge in [0.15, 0.2) is 0 Å². The first-order chi connectivity index (χ1) is 12.6. The van der Waals surface area contributed by atoms with Crippen LogP contribution in [0.3, 0.4) is 0 Å². The van der Waals surface area contributed by atoms with Crippen molar-refractivity contribution in [1.82, 2.24) is 9.88 Å². The summed E-state index contributed by atoms with van der Waals surface area (Å²) in [4.78, 5) is 24.1. The molecule has 1 aliphatic rings. The molecule has 3 aromatic rings. The Bertz CT molecular complexity index is 1020. The van der Waals surface area contributed by atoms with Gasteiger partial charge in [0, 0.05) is 36.1 Å². The highest BCUT2D eigenvalue weighted by atomic mass is 16.5. The van der Waals surface area contributed by atoms with Crippen LogP contribution in [0.1, 0.15) is 37.5 Å². The van der Waals surface area contributed by atoms with E-state index in [9.17, 15) is 9.59 Å². The van der Waals surface area contributed by atoms with Gasteiger partial charge in [-0.2, -0.15) is 0 Å². The van der Waals surface area contributed by atoms with Crippen LogP contribution in [0.2, 0.25) is 0 Å². The maximum atomic E-state index is 12.5. The number of rotatable bonds is 3. The van der Waals surface area contributed by atoms with E-state index < -0.39 is 0 Å². The summed E-state index contributed by atoms with van der Waals surface area (Å²) in [6.45, 7) is 3.35. The zero-order valence-electron chi connectivity index (χ0n) is 14.8. The molecule has 26 heavy (non-hydrogen) atoms. The monoisotopic (exact) mass is 348 g/mol. The standard InChI is InChI=1S/C21H20N2O3/c1-13-3-8-17-16(11-13)19-18(9-10-22-20(19)24)23(17)12-14-4-6-15(7-5-14)21(25)26-2/h3-8,11H,9-10,12H2,1-2H3,(H,22,24). The molecule has 5 heteroatoms. The number of ether oxygens (including phenoxy) is 1. The van der Waals surface area contributed by atoms with E-state index in [1.54, 1.807) is 12.1 Å². The maximum Gasteiger partial charge on any atom is 0.337 e. The molecule has 1 aromatic heterocycles. The highest BCUT2D eigenvalue weighted by Crippen LogP contribution is 2.30. The molecule has 0 aliphatic carbocycles. The minimum absolute atomic E-state index is 0.00152. The predicted octanol–water partition coefficient (Wildman–Crippen LogP) is 3.07. The Morgan fingerprint density at radius 3 is 2.69 bits per heavy atom. The van der Waals surface area contributed by atoms with Crippen LogP contribution in [-0.2, 0) is 17.7 Å². The molecule has 2 aromatic carbocycles. The number of methoxy groups -OCH3 is 1. The van der Waals surface area contributed by atoms with Crippen molar-refractivity contribution >= 4 is 22.8 Å². The maximum absolute atomic E-state index is 12.5. The molecule has 132 valence electrons. The third-order valence-corrected chi connectivity index (χ3v) is 4.92. The number of carbonyl (C=O) groups is 2. The lowest BCUT2D eigenvalue weighted by Crippen LogP contribution is -2.32. The van der Waals surface area contributed by atoms with Crippen LogP contribution in [0.25, 0.3) is 10.9 Å². The second-order valence-corrected chi connectivity index (χ2v) is 6.62. The summed E-state index contributed by atoms with van der Waals surface area (Å²) in [5.41, 5.74) is 5.68. The highest BCUT2D eigenvalue weighted by Gasteiger charge is 2.25. The Morgan fingerprint density at radius 2 is 1.96 bits per heavy atom. The molecule has 4 rings (SSSR count). The summed E-state index contributed by atoms with van der Waals surface area (Å²) in [5, 5.41) is 3.95. The Labute approximate surface area is 151 Å². The van der Waals surface area contributed by atoms with Gasteiger partial charge in [0.2, 0.25) is 0 Å². The van der Waals surface area contributed by atoms with Crippen molar-refractivity contribution in [2.45, 2.75) is 19.9 Å². The number of benzene rings is 2. The van der Waals surface area contributed by atoms with Gasteiger partial charge in [-0.15, -0.1) is 0 Å². The highest BCUT2D eigenvalue weighted by molar-refractivity contribution is 6.09. The van der Waals surface area contributed by atoms with Gasteiger partial charge >= 0.3 is 5.97 Å². The molecular formula is C21H20N2O3. The van der Waals surface area contributed by atoms with Gasteiger partial charge in [0.25, 0.3) is 5.91 Å². The summed E-state index contributed by atoms with van der Waals surface area (Å²) >= 11 is 0. The number of hydrogen-bond donors (Lipinski definition) is 1. The SMILES string of the molecule is COC(=O)c1ccc(Cn2c3c(c4cc(C)ccc42)C(=O)NCC3)cc1. The molecular weight excluding hydrogens is 328 g/mol. The Hall–Kier alpha value is -3.08. The van der Waals surface area contributed by atoms with Crippen LogP contribution in [0.4, 0.5) is 0 Å². The van der Waals surface area contributed by atoms with E-state index in [0.717, 1.165) is 39.7 Å². The zero-order valence-corrected chi connectivity index (χ0v) is 14.8. The summed E-state index contributed by atoms with van der Waals surface area (Å²) in [6.07, 6.45) is 0.815. The first-order valence-corrected chi connectivity index (χ1v) is 8.65. The average Bonchev–Trinajstić information content (AvgIpc) is 2.96. The predicted molar refractivity (Wildman–Crippen MR) is 99.6 cm³/mol. The number of aromatic nitrogens is 1. The number of nitrogens with one attached hydrogen (secondary N) is 1. The summed E-state index contributed by atoms with van der Waals surface area (Å²) < 4.78 is 6.97. The summed E-state index contributed by atoms with van der Waals surface area (Å²) in [5.74, 6) is -0.339. The van der Waals surface area contributed by atoms with Crippen LogP contribution in [0.15, 0.2) is 42.5 Å². The molecule has 5 nitrogen and oxygen atoms in total. The van der Waals surface area contributed by atoms with Gasteiger partial charge in [-0.3, -0.25) is 4.79 Å². The van der Waals surface area contributed by atoms with Crippen LogP contribution in [-0.4, -0.2) is 30.1 Å². The zero-order chi connectivity index (χ0) is 18.3. The van der Waals surface area contributed by atoms with Crippen molar-refractivity contribution in [2.24, 2.45) is 0 Å². The van der Waals surface area contributed by atoms with Crippen molar-refractivity contribution < 1.29 is 14.3 Å². The van der Waals surface area contributed by atoms with E-state index in [1.807, 2.05) is 19.1 Å². The van der Waals surface area contributed by atoms with E-state index in [4.69, 9.17) is 4.74 Å². The fraction of sp³-hybridized carbons (Fsp3) is 0.238. The third kappa shape index (κ3) is 2.65. The molecule has 0 radical (unpaired) electrons. The second-order valence-electron chi connectivity index (χ2n) is 6.62. The van der Waals surface area contributed by atoms with Gasteiger partial charge in [-0.05, 0) is 36.8 Å². The lowest BCUT2D eigenvalue weighted by Gasteiger charge is -2.17. The molecule has 0 atom stereocenters. The van der Waals surface area contributed by atoms with Crippen LogP contribution in [0.5, 0.6) is 0 Å². The molecule has 2 heterocycles. The lowest BCUT2D eigenvalue weighted by atomic mass is 10.0. The fourth-order valence-electron chi connectivity index (χ4n) is 3.64. The molecule has 0 bridgehead atoms. The number of amides is 1. The average molecular weight is 348 g/mol. The number of nitrogens with zero attached hydrogens (tertiary/aromatic N) is 1. The molecule has 1 N–H and O–H groups in total. The van der Waals surface area contributed by atoms with Gasteiger partial charge in [0.1, 0.15) is 0 Å².